The minimum Gasteiger partial charge on any atom is -0.344 e. The van der Waals surface area contributed by atoms with Gasteiger partial charge >= 0.3 is 0 Å². The second-order valence-corrected chi connectivity index (χ2v) is 4.79. The SMILES string of the molecule is Cc1c(Cl)ccc2c(=O)ccn(C3CC3)c12. The van der Waals surface area contributed by atoms with Crippen LogP contribution in [0.2, 0.25) is 5.02 Å². The molecule has 0 aliphatic heterocycles. The van der Waals surface area contributed by atoms with Gasteiger partial charge in [0.25, 0.3) is 0 Å². The third kappa shape index (κ3) is 1.37. The number of pyridine rings is 1. The molecular formula is C13H12ClNO. The van der Waals surface area contributed by atoms with Gasteiger partial charge in [0.2, 0.25) is 0 Å². The summed E-state index contributed by atoms with van der Waals surface area (Å²) in [6, 6.07) is 5.83. The summed E-state index contributed by atoms with van der Waals surface area (Å²) in [7, 11) is 0. The smallest absolute Gasteiger partial charge is 0.189 e. The maximum atomic E-state index is 11.8. The van der Waals surface area contributed by atoms with E-state index in [4.69, 9.17) is 11.6 Å². The van der Waals surface area contributed by atoms with Crippen LogP contribution < -0.4 is 5.43 Å². The predicted molar refractivity (Wildman–Crippen MR) is 66.2 cm³/mol. The number of hydrogen-bond donors (Lipinski definition) is 0. The van der Waals surface area contributed by atoms with Crippen LogP contribution in [0.15, 0.2) is 29.2 Å². The van der Waals surface area contributed by atoms with Crippen LogP contribution >= 0.6 is 11.6 Å². The van der Waals surface area contributed by atoms with E-state index in [9.17, 15) is 4.79 Å². The summed E-state index contributed by atoms with van der Waals surface area (Å²) >= 11 is 6.12. The molecule has 3 heteroatoms. The van der Waals surface area contributed by atoms with Gasteiger partial charge in [0, 0.05) is 28.7 Å². The van der Waals surface area contributed by atoms with E-state index in [2.05, 4.69) is 4.57 Å². The van der Waals surface area contributed by atoms with Crippen molar-refractivity contribution in [1.82, 2.24) is 4.57 Å². The molecule has 2 nitrogen and oxygen atoms in total. The molecule has 1 heterocycles. The molecule has 0 unspecified atom stereocenters. The Morgan fingerprint density at radius 3 is 2.75 bits per heavy atom. The van der Waals surface area contributed by atoms with Crippen LogP contribution in [0.25, 0.3) is 10.9 Å². The summed E-state index contributed by atoms with van der Waals surface area (Å²) in [4.78, 5) is 11.8. The summed E-state index contributed by atoms with van der Waals surface area (Å²) in [5.41, 5.74) is 2.08. The van der Waals surface area contributed by atoms with Crippen LogP contribution in [0, 0.1) is 6.92 Å². The molecule has 0 atom stereocenters. The fourth-order valence-electron chi connectivity index (χ4n) is 2.18. The number of benzene rings is 1. The fourth-order valence-corrected chi connectivity index (χ4v) is 2.33. The molecule has 0 amide bonds. The lowest BCUT2D eigenvalue weighted by atomic mass is 10.1. The molecule has 1 aromatic heterocycles. The molecule has 1 aromatic carbocycles. The van der Waals surface area contributed by atoms with Crippen LogP contribution in [-0.4, -0.2) is 4.57 Å². The number of halogens is 1. The molecule has 0 bridgehead atoms. The Kier molecular flexibility index (Phi) is 2.08. The van der Waals surface area contributed by atoms with Crippen molar-refractivity contribution >= 4 is 22.5 Å². The molecule has 0 N–H and O–H groups in total. The van der Waals surface area contributed by atoms with Gasteiger partial charge in [-0.15, -0.1) is 0 Å². The largest absolute Gasteiger partial charge is 0.344 e. The molecule has 0 spiro atoms. The zero-order chi connectivity index (χ0) is 11.3. The van der Waals surface area contributed by atoms with Gasteiger partial charge in [-0.2, -0.15) is 0 Å². The number of fused-ring (bicyclic) bond motifs is 1. The van der Waals surface area contributed by atoms with Crippen molar-refractivity contribution in [1.29, 1.82) is 0 Å². The van der Waals surface area contributed by atoms with Crippen molar-refractivity contribution in [2.24, 2.45) is 0 Å². The molecule has 3 rings (SSSR count). The van der Waals surface area contributed by atoms with Gasteiger partial charge in [-0.3, -0.25) is 4.79 Å². The minimum absolute atomic E-state index is 0.0756. The van der Waals surface area contributed by atoms with Crippen LogP contribution in [0.1, 0.15) is 24.4 Å². The standard InChI is InChI=1S/C13H12ClNO/c1-8-11(14)5-4-10-12(16)6-7-15(13(8)10)9-2-3-9/h4-7,9H,2-3H2,1H3. The molecule has 1 aliphatic rings. The number of rotatable bonds is 1. The minimum atomic E-state index is 0.0756. The quantitative estimate of drug-likeness (QED) is 0.741. The maximum Gasteiger partial charge on any atom is 0.189 e. The summed E-state index contributed by atoms with van der Waals surface area (Å²) in [6.07, 6.45) is 4.29. The van der Waals surface area contributed by atoms with Gasteiger partial charge in [0.15, 0.2) is 5.43 Å². The lowest BCUT2D eigenvalue weighted by Gasteiger charge is -2.12. The van der Waals surface area contributed by atoms with E-state index in [1.165, 1.54) is 12.8 Å². The molecule has 16 heavy (non-hydrogen) atoms. The van der Waals surface area contributed by atoms with E-state index >= 15 is 0 Å². The van der Waals surface area contributed by atoms with E-state index in [1.54, 1.807) is 12.1 Å². The summed E-state index contributed by atoms with van der Waals surface area (Å²) in [5.74, 6) is 0. The molecule has 1 saturated carbocycles. The molecule has 2 aromatic rings. The summed E-state index contributed by atoms with van der Waals surface area (Å²) < 4.78 is 2.19. The third-order valence-corrected chi connectivity index (χ3v) is 3.62. The Balaban J connectivity index is 2.48. The lowest BCUT2D eigenvalue weighted by molar-refractivity contribution is 0.764. The molecule has 1 aliphatic carbocycles. The average Bonchev–Trinajstić information content (AvgIpc) is 3.08. The highest BCUT2D eigenvalue weighted by molar-refractivity contribution is 6.32. The summed E-state index contributed by atoms with van der Waals surface area (Å²) in [5, 5.41) is 1.50. The van der Waals surface area contributed by atoms with E-state index in [0.717, 1.165) is 21.5 Å². The number of hydrogen-bond acceptors (Lipinski definition) is 1. The normalized spacial score (nSPS) is 15.6. The Morgan fingerprint density at radius 2 is 2.06 bits per heavy atom. The highest BCUT2D eigenvalue weighted by Gasteiger charge is 2.25. The van der Waals surface area contributed by atoms with Gasteiger partial charge in [-0.25, -0.2) is 0 Å². The second kappa shape index (κ2) is 3.36. The first kappa shape index (κ1) is 9.91. The van der Waals surface area contributed by atoms with Gasteiger partial charge < -0.3 is 4.57 Å². The van der Waals surface area contributed by atoms with Crippen LogP contribution in [0.3, 0.4) is 0 Å². The first-order valence-corrected chi connectivity index (χ1v) is 5.86. The van der Waals surface area contributed by atoms with Crippen molar-refractivity contribution in [3.05, 3.63) is 45.2 Å². The summed E-state index contributed by atoms with van der Waals surface area (Å²) in [6.45, 7) is 1.98. The predicted octanol–water partition coefficient (Wildman–Crippen LogP) is 3.30. The van der Waals surface area contributed by atoms with Crippen molar-refractivity contribution < 1.29 is 0 Å². The third-order valence-electron chi connectivity index (χ3n) is 3.22. The maximum absolute atomic E-state index is 11.8. The van der Waals surface area contributed by atoms with E-state index < -0.39 is 0 Å². The van der Waals surface area contributed by atoms with Crippen molar-refractivity contribution in [3.63, 3.8) is 0 Å². The zero-order valence-electron chi connectivity index (χ0n) is 9.03. The van der Waals surface area contributed by atoms with E-state index in [1.807, 2.05) is 19.2 Å². The Bertz CT molecular complexity index is 626. The Hall–Kier alpha value is -1.28. The molecule has 1 fully saturated rings. The highest BCUT2D eigenvalue weighted by atomic mass is 35.5. The fraction of sp³-hybridized carbons (Fsp3) is 0.308. The van der Waals surface area contributed by atoms with Crippen LogP contribution in [0.4, 0.5) is 0 Å². The topological polar surface area (TPSA) is 22.0 Å². The number of nitrogens with zero attached hydrogens (tertiary/aromatic N) is 1. The van der Waals surface area contributed by atoms with Crippen molar-refractivity contribution in [2.45, 2.75) is 25.8 Å². The first-order chi connectivity index (χ1) is 7.68. The van der Waals surface area contributed by atoms with Gasteiger partial charge in [0.05, 0.1) is 5.52 Å². The van der Waals surface area contributed by atoms with Gasteiger partial charge in [-0.1, -0.05) is 11.6 Å². The van der Waals surface area contributed by atoms with Crippen molar-refractivity contribution in [3.8, 4) is 0 Å². The Labute approximate surface area is 98.5 Å². The van der Waals surface area contributed by atoms with Crippen molar-refractivity contribution in [2.75, 3.05) is 0 Å². The molecule has 82 valence electrons. The van der Waals surface area contributed by atoms with Crippen LogP contribution in [-0.2, 0) is 0 Å². The average molecular weight is 234 g/mol. The zero-order valence-corrected chi connectivity index (χ0v) is 9.79. The van der Waals surface area contributed by atoms with E-state index in [-0.39, 0.29) is 5.43 Å². The number of aromatic nitrogens is 1. The number of aryl methyl sites for hydroxylation is 1. The molecule has 0 radical (unpaired) electrons. The molecular weight excluding hydrogens is 222 g/mol. The van der Waals surface area contributed by atoms with E-state index in [0.29, 0.717) is 6.04 Å². The Morgan fingerprint density at radius 1 is 1.31 bits per heavy atom. The van der Waals surface area contributed by atoms with Gasteiger partial charge in [-0.05, 0) is 37.5 Å². The lowest BCUT2D eigenvalue weighted by Crippen LogP contribution is -2.08. The first-order valence-electron chi connectivity index (χ1n) is 5.48. The van der Waals surface area contributed by atoms with Crippen LogP contribution in [0.5, 0.6) is 0 Å². The second-order valence-electron chi connectivity index (χ2n) is 4.39. The highest BCUT2D eigenvalue weighted by Crippen LogP contribution is 2.38. The van der Waals surface area contributed by atoms with Gasteiger partial charge in [0.1, 0.15) is 0 Å². The molecule has 0 saturated heterocycles. The monoisotopic (exact) mass is 233 g/mol.